The lowest BCUT2D eigenvalue weighted by atomic mass is 10.1. The molecule has 3 aromatic rings. The number of aromatic nitrogens is 4. The summed E-state index contributed by atoms with van der Waals surface area (Å²) in [6.07, 6.45) is 5.36. The normalized spacial score (nSPS) is 27.0. The van der Waals surface area contributed by atoms with Crippen LogP contribution in [0.5, 0.6) is 0 Å². The van der Waals surface area contributed by atoms with Crippen molar-refractivity contribution in [2.24, 2.45) is 0 Å². The Morgan fingerprint density at radius 2 is 1.82 bits per heavy atom. The molecular weight excluding hydrogens is 492 g/mol. The molecule has 3 N–H and O–H groups in total. The molecule has 4 heterocycles. The minimum absolute atomic E-state index is 0.0513. The predicted molar refractivity (Wildman–Crippen MR) is 134 cm³/mol. The van der Waals surface area contributed by atoms with Gasteiger partial charge >= 0.3 is 12.0 Å². The molecule has 1 aromatic carbocycles. The van der Waals surface area contributed by atoms with Gasteiger partial charge in [0.25, 0.3) is 0 Å². The van der Waals surface area contributed by atoms with Crippen LogP contribution in [-0.2, 0) is 25.4 Å². The van der Waals surface area contributed by atoms with E-state index in [-0.39, 0.29) is 24.9 Å². The number of benzene rings is 1. The predicted octanol–water partition coefficient (Wildman–Crippen LogP) is 3.01. The van der Waals surface area contributed by atoms with E-state index in [1.54, 1.807) is 10.9 Å². The number of rotatable bonds is 8. The van der Waals surface area contributed by atoms with Gasteiger partial charge in [-0.15, -0.1) is 0 Å². The van der Waals surface area contributed by atoms with E-state index in [4.69, 9.17) is 14.2 Å². The summed E-state index contributed by atoms with van der Waals surface area (Å²) >= 11 is 0. The van der Waals surface area contributed by atoms with Crippen LogP contribution in [0.1, 0.15) is 50.3 Å². The number of anilines is 1. The van der Waals surface area contributed by atoms with Crippen LogP contribution in [0.4, 0.5) is 10.6 Å². The fourth-order valence-corrected chi connectivity index (χ4v) is 5.55. The molecule has 38 heavy (non-hydrogen) atoms. The molecule has 6 rings (SSSR count). The SMILES string of the molecule is O=C(O)CC[C@H]1O[C@@H](n2cnc3c(NC(=O)NC4CCCC4)ncnc32)C2O[C@@H](Cc3ccccc3)O[C@H]21. The number of nitrogens with zero attached hydrogens (tertiary/aromatic N) is 4. The van der Waals surface area contributed by atoms with E-state index < -0.39 is 36.8 Å². The van der Waals surface area contributed by atoms with Crippen LogP contribution < -0.4 is 10.6 Å². The Labute approximate surface area is 218 Å². The molecule has 1 saturated carbocycles. The molecule has 1 aliphatic carbocycles. The molecule has 3 aliphatic rings. The average molecular weight is 523 g/mol. The Morgan fingerprint density at radius 3 is 2.61 bits per heavy atom. The summed E-state index contributed by atoms with van der Waals surface area (Å²) in [6, 6.07) is 9.73. The van der Waals surface area contributed by atoms with Crippen molar-refractivity contribution in [3.63, 3.8) is 0 Å². The lowest BCUT2D eigenvalue weighted by Gasteiger charge is -2.21. The number of carboxylic acid groups (broad SMARTS) is 1. The first kappa shape index (κ1) is 24.7. The molecule has 12 nitrogen and oxygen atoms in total. The number of urea groups is 1. The topological polar surface area (TPSA) is 150 Å². The van der Waals surface area contributed by atoms with Gasteiger partial charge in [0.2, 0.25) is 0 Å². The van der Waals surface area contributed by atoms with E-state index in [1.165, 1.54) is 6.33 Å². The summed E-state index contributed by atoms with van der Waals surface area (Å²) in [5, 5.41) is 15.0. The number of ether oxygens (including phenoxy) is 3. The highest BCUT2D eigenvalue weighted by Gasteiger charge is 2.53. The summed E-state index contributed by atoms with van der Waals surface area (Å²) in [5.41, 5.74) is 1.96. The molecule has 2 saturated heterocycles. The first-order valence-electron chi connectivity index (χ1n) is 13.0. The molecule has 5 atom stereocenters. The molecule has 200 valence electrons. The number of nitrogens with one attached hydrogen (secondary N) is 2. The van der Waals surface area contributed by atoms with Gasteiger partial charge in [0, 0.05) is 18.9 Å². The number of hydrogen-bond donors (Lipinski definition) is 3. The Hall–Kier alpha value is -3.61. The van der Waals surface area contributed by atoms with E-state index >= 15 is 0 Å². The van der Waals surface area contributed by atoms with Crippen LogP contribution >= 0.6 is 0 Å². The largest absolute Gasteiger partial charge is 0.481 e. The number of carbonyl (C=O) groups excluding carboxylic acids is 1. The van der Waals surface area contributed by atoms with Crippen LogP contribution in [0.15, 0.2) is 43.0 Å². The van der Waals surface area contributed by atoms with E-state index in [2.05, 4.69) is 25.6 Å². The summed E-state index contributed by atoms with van der Waals surface area (Å²) in [6.45, 7) is 0. The van der Waals surface area contributed by atoms with Gasteiger partial charge in [-0.05, 0) is 24.8 Å². The minimum Gasteiger partial charge on any atom is -0.481 e. The van der Waals surface area contributed by atoms with E-state index in [1.807, 2.05) is 30.3 Å². The molecule has 2 amide bonds. The molecule has 0 radical (unpaired) electrons. The number of hydrogen-bond acceptors (Lipinski definition) is 8. The summed E-state index contributed by atoms with van der Waals surface area (Å²) < 4.78 is 20.6. The van der Waals surface area contributed by atoms with Crippen molar-refractivity contribution in [3.8, 4) is 0 Å². The van der Waals surface area contributed by atoms with Crippen molar-refractivity contribution in [2.45, 2.75) is 81.8 Å². The summed E-state index contributed by atoms with van der Waals surface area (Å²) in [4.78, 5) is 36.9. The van der Waals surface area contributed by atoms with E-state index in [0.29, 0.717) is 23.4 Å². The van der Waals surface area contributed by atoms with Crippen LogP contribution in [0.3, 0.4) is 0 Å². The summed E-state index contributed by atoms with van der Waals surface area (Å²) in [7, 11) is 0. The molecule has 2 aliphatic heterocycles. The number of amides is 2. The van der Waals surface area contributed by atoms with Gasteiger partial charge in [-0.1, -0.05) is 43.2 Å². The average Bonchev–Trinajstić information content (AvgIpc) is 3.69. The van der Waals surface area contributed by atoms with E-state index in [9.17, 15) is 14.7 Å². The monoisotopic (exact) mass is 522 g/mol. The minimum atomic E-state index is -0.902. The summed E-state index contributed by atoms with van der Waals surface area (Å²) in [5.74, 6) is -0.604. The van der Waals surface area contributed by atoms with Crippen LogP contribution in [-0.4, -0.2) is 67.3 Å². The first-order chi connectivity index (χ1) is 18.5. The van der Waals surface area contributed by atoms with Crippen molar-refractivity contribution < 1.29 is 28.9 Å². The third-order valence-corrected chi connectivity index (χ3v) is 7.35. The standard InChI is InChI=1S/C26H30N6O6/c33-18(34)11-10-17-21-22(38-19(37-21)12-15-6-2-1-3-7-15)25(36-17)32-14-29-20-23(27-13-28-24(20)32)31-26(35)30-16-8-4-5-9-16/h1-3,6-7,13-14,16-17,19,21-22,25H,4-5,8-12H2,(H,33,34)(H2,27,28,30,31,35)/t17-,19+,21+,22?,25-/m1/s1. The van der Waals surface area contributed by atoms with Crippen molar-refractivity contribution in [1.82, 2.24) is 24.8 Å². The zero-order valence-corrected chi connectivity index (χ0v) is 20.7. The third kappa shape index (κ3) is 5.06. The second kappa shape index (κ2) is 10.6. The molecule has 2 aromatic heterocycles. The van der Waals surface area contributed by atoms with E-state index in [0.717, 1.165) is 31.2 Å². The molecule has 1 unspecified atom stereocenters. The van der Waals surface area contributed by atoms with Gasteiger partial charge in [0.1, 0.15) is 18.5 Å². The Balaban J connectivity index is 1.23. The first-order valence-corrected chi connectivity index (χ1v) is 13.0. The molecule has 0 bridgehead atoms. The zero-order valence-electron chi connectivity index (χ0n) is 20.7. The highest BCUT2D eigenvalue weighted by molar-refractivity contribution is 5.96. The Bertz CT molecular complexity index is 1300. The molecule has 12 heteroatoms. The Morgan fingerprint density at radius 1 is 1.03 bits per heavy atom. The van der Waals surface area contributed by atoms with Crippen molar-refractivity contribution in [1.29, 1.82) is 0 Å². The number of carbonyl (C=O) groups is 2. The van der Waals surface area contributed by atoms with Gasteiger partial charge < -0.3 is 24.6 Å². The molecular formula is C26H30N6O6. The van der Waals surface area contributed by atoms with Gasteiger partial charge in [0.05, 0.1) is 12.4 Å². The van der Waals surface area contributed by atoms with Gasteiger partial charge in [-0.25, -0.2) is 19.7 Å². The molecule has 0 spiro atoms. The number of carboxylic acids is 1. The van der Waals surface area contributed by atoms with Crippen LogP contribution in [0, 0.1) is 0 Å². The molecule has 3 fully saturated rings. The van der Waals surface area contributed by atoms with Crippen molar-refractivity contribution in [3.05, 3.63) is 48.5 Å². The van der Waals surface area contributed by atoms with Crippen molar-refractivity contribution >= 4 is 29.0 Å². The third-order valence-electron chi connectivity index (χ3n) is 7.35. The second-order valence-corrected chi connectivity index (χ2v) is 9.94. The number of imidazole rings is 1. The highest BCUT2D eigenvalue weighted by Crippen LogP contribution is 2.42. The van der Waals surface area contributed by atoms with Crippen LogP contribution in [0.25, 0.3) is 11.2 Å². The zero-order chi connectivity index (χ0) is 26.1. The second-order valence-electron chi connectivity index (χ2n) is 9.94. The smallest absolute Gasteiger partial charge is 0.320 e. The Kier molecular flexibility index (Phi) is 6.92. The number of aliphatic carboxylic acids is 1. The van der Waals surface area contributed by atoms with Crippen LogP contribution in [0.2, 0.25) is 0 Å². The van der Waals surface area contributed by atoms with Gasteiger partial charge in [-0.2, -0.15) is 0 Å². The maximum absolute atomic E-state index is 12.6. The lowest BCUT2D eigenvalue weighted by molar-refractivity contribution is -0.148. The lowest BCUT2D eigenvalue weighted by Crippen LogP contribution is -2.36. The fraction of sp³-hybridized carbons (Fsp3) is 0.500. The van der Waals surface area contributed by atoms with Gasteiger partial charge in [0.15, 0.2) is 29.5 Å². The highest BCUT2D eigenvalue weighted by atomic mass is 16.8. The maximum Gasteiger partial charge on any atom is 0.320 e. The quantitative estimate of drug-likeness (QED) is 0.406. The van der Waals surface area contributed by atoms with Gasteiger partial charge in [-0.3, -0.25) is 14.7 Å². The van der Waals surface area contributed by atoms with Crippen molar-refractivity contribution in [2.75, 3.05) is 5.32 Å². The maximum atomic E-state index is 12.6. The fourth-order valence-electron chi connectivity index (χ4n) is 5.55. The number of fused-ring (bicyclic) bond motifs is 2.